The maximum absolute atomic E-state index is 12.3. The first-order chi connectivity index (χ1) is 29.0. The van der Waals surface area contributed by atoms with Crippen LogP contribution >= 0.6 is 0 Å². The van der Waals surface area contributed by atoms with Crippen LogP contribution in [0.1, 0.15) is 128 Å². The molecule has 0 saturated carbocycles. The molecular weight excluding hydrogens is 786 g/mol. The van der Waals surface area contributed by atoms with Crippen molar-refractivity contribution in [3.8, 4) is 0 Å². The molecule has 0 aliphatic heterocycles. The number of carbonyl (C=O) groups is 7. The third kappa shape index (κ3) is 38.3. The molecule has 0 spiro atoms. The van der Waals surface area contributed by atoms with Crippen LogP contribution in [0.25, 0.3) is 0 Å². The zero-order valence-electron chi connectivity index (χ0n) is 35.9. The highest BCUT2D eigenvalue weighted by Crippen LogP contribution is 2.13. The molecule has 0 unspecified atom stereocenters. The summed E-state index contributed by atoms with van der Waals surface area (Å²) in [5.74, 6) is -3.90. The van der Waals surface area contributed by atoms with E-state index in [0.29, 0.717) is 38.6 Å². The second-order valence-corrected chi connectivity index (χ2v) is 14.5. The number of likely N-dealkylation sites (N-methyl/N-ethyl adjacent to an activating group) is 1. The standard InChI is InChI=1S/C41H75N5O14/c1-42-33(40(53)54)17-14-15-22-43-37(49)31-59-29-28-58-26-24-45-38(50)32-60-30-27-57-25-23-44-35(47)20-16-18-34(41(55)56)46-36(48)19-12-10-8-6-4-2-3-5-7-9-11-13-21-39(51)52/h33-34,42H,2-32H2,1H3,(H,43,49)(H,44,47)(H,45,50)(H,46,48)(H,51,52)(H,53,54)(H,55,56)/t33-,34-/m0/s1. The van der Waals surface area contributed by atoms with Gasteiger partial charge in [0.25, 0.3) is 0 Å². The molecule has 0 bridgehead atoms. The van der Waals surface area contributed by atoms with Crippen LogP contribution in [0.2, 0.25) is 0 Å². The van der Waals surface area contributed by atoms with Gasteiger partial charge in [-0.1, -0.05) is 64.2 Å². The van der Waals surface area contributed by atoms with Crippen LogP contribution in [0.15, 0.2) is 0 Å². The van der Waals surface area contributed by atoms with E-state index in [9.17, 15) is 38.7 Å². The number of carboxylic acids is 3. The van der Waals surface area contributed by atoms with Crippen LogP contribution in [0, 0.1) is 0 Å². The van der Waals surface area contributed by atoms with E-state index in [-0.39, 0.29) is 115 Å². The van der Waals surface area contributed by atoms with Crippen LogP contribution in [0.3, 0.4) is 0 Å². The summed E-state index contributed by atoms with van der Waals surface area (Å²) in [5, 5.41) is 40.5. The van der Waals surface area contributed by atoms with E-state index in [4.69, 9.17) is 29.2 Å². The average molecular weight is 862 g/mol. The smallest absolute Gasteiger partial charge is 0.326 e. The number of unbranched alkanes of at least 4 members (excludes halogenated alkanes) is 12. The molecule has 0 aromatic rings. The number of hydrogen-bond acceptors (Lipinski definition) is 12. The lowest BCUT2D eigenvalue weighted by Crippen LogP contribution is -2.40. The molecule has 2 atom stereocenters. The lowest BCUT2D eigenvalue weighted by Gasteiger charge is -2.14. The van der Waals surface area contributed by atoms with Gasteiger partial charge in [0.15, 0.2) is 0 Å². The molecule has 19 heteroatoms. The molecule has 0 heterocycles. The predicted octanol–water partition coefficient (Wildman–Crippen LogP) is 2.53. The van der Waals surface area contributed by atoms with Crippen molar-refractivity contribution in [3.05, 3.63) is 0 Å². The fourth-order valence-corrected chi connectivity index (χ4v) is 5.90. The molecule has 0 radical (unpaired) electrons. The summed E-state index contributed by atoms with van der Waals surface area (Å²) in [6.07, 6.45) is 15.3. The molecule has 60 heavy (non-hydrogen) atoms. The Balaban J connectivity index is 3.65. The molecule has 8 N–H and O–H groups in total. The van der Waals surface area contributed by atoms with Crippen molar-refractivity contribution < 1.29 is 67.8 Å². The molecule has 0 aromatic heterocycles. The Morgan fingerprint density at radius 1 is 0.417 bits per heavy atom. The first-order valence-electron chi connectivity index (χ1n) is 21.7. The van der Waals surface area contributed by atoms with Gasteiger partial charge in [-0.2, -0.15) is 0 Å². The number of carbonyl (C=O) groups excluding carboxylic acids is 4. The van der Waals surface area contributed by atoms with Gasteiger partial charge in [-0.15, -0.1) is 0 Å². The van der Waals surface area contributed by atoms with E-state index in [1.807, 2.05) is 0 Å². The third-order valence-corrected chi connectivity index (χ3v) is 9.31. The molecular formula is C41H75N5O14. The number of nitrogens with one attached hydrogen (secondary N) is 5. The summed E-state index contributed by atoms with van der Waals surface area (Å²) in [7, 11) is 1.60. The summed E-state index contributed by atoms with van der Waals surface area (Å²) in [5.41, 5.74) is 0. The molecule has 0 saturated heterocycles. The average Bonchev–Trinajstić information content (AvgIpc) is 3.20. The summed E-state index contributed by atoms with van der Waals surface area (Å²) in [4.78, 5) is 81.2. The SMILES string of the molecule is CN[C@@H](CCCCNC(=O)COCCOCCNC(=O)COCCOCCNC(=O)CCC[C@H](NC(=O)CCCCCCCCCCCCCCC(=O)O)C(=O)O)C(=O)O. The minimum Gasteiger partial charge on any atom is -0.481 e. The van der Waals surface area contributed by atoms with Crippen molar-refractivity contribution >= 4 is 41.5 Å². The Labute approximate surface area is 355 Å². The van der Waals surface area contributed by atoms with Crippen LogP contribution in [0.5, 0.6) is 0 Å². The zero-order chi connectivity index (χ0) is 44.5. The summed E-state index contributed by atoms with van der Waals surface area (Å²) in [6, 6.07) is -1.64. The Morgan fingerprint density at radius 2 is 0.833 bits per heavy atom. The van der Waals surface area contributed by atoms with Crippen LogP contribution in [-0.4, -0.2) is 148 Å². The number of ether oxygens (including phenoxy) is 4. The van der Waals surface area contributed by atoms with E-state index >= 15 is 0 Å². The molecule has 19 nitrogen and oxygen atoms in total. The first-order valence-corrected chi connectivity index (χ1v) is 21.7. The van der Waals surface area contributed by atoms with Gasteiger partial charge in [0, 0.05) is 38.9 Å². The highest BCUT2D eigenvalue weighted by atomic mass is 16.5. The number of aliphatic carboxylic acids is 3. The van der Waals surface area contributed by atoms with Gasteiger partial charge in [0.1, 0.15) is 25.3 Å². The van der Waals surface area contributed by atoms with E-state index in [2.05, 4.69) is 26.6 Å². The van der Waals surface area contributed by atoms with Gasteiger partial charge in [-0.25, -0.2) is 4.79 Å². The quantitative estimate of drug-likeness (QED) is 0.0409. The summed E-state index contributed by atoms with van der Waals surface area (Å²) < 4.78 is 21.3. The van der Waals surface area contributed by atoms with Gasteiger partial charge in [-0.3, -0.25) is 28.8 Å². The first kappa shape index (κ1) is 56.1. The molecule has 0 aliphatic carbocycles. The highest BCUT2D eigenvalue weighted by molar-refractivity contribution is 5.83. The van der Waals surface area contributed by atoms with Gasteiger partial charge in [0.2, 0.25) is 23.6 Å². The van der Waals surface area contributed by atoms with Gasteiger partial charge < -0.3 is 60.9 Å². The van der Waals surface area contributed by atoms with Gasteiger partial charge >= 0.3 is 17.9 Å². The second-order valence-electron chi connectivity index (χ2n) is 14.5. The minimum absolute atomic E-state index is 0.112. The highest BCUT2D eigenvalue weighted by Gasteiger charge is 2.20. The Hall–Kier alpha value is -3.91. The molecule has 0 aliphatic rings. The van der Waals surface area contributed by atoms with Crippen LogP contribution in [0.4, 0.5) is 0 Å². The van der Waals surface area contributed by atoms with E-state index < -0.39 is 30.0 Å². The zero-order valence-corrected chi connectivity index (χ0v) is 35.9. The second kappa shape index (κ2) is 40.5. The van der Waals surface area contributed by atoms with E-state index in [0.717, 1.165) is 51.4 Å². The van der Waals surface area contributed by atoms with Crippen molar-refractivity contribution in [2.24, 2.45) is 0 Å². The molecule has 0 fully saturated rings. The summed E-state index contributed by atoms with van der Waals surface area (Å²) >= 11 is 0. The van der Waals surface area contributed by atoms with Crippen molar-refractivity contribution in [1.29, 1.82) is 0 Å². The van der Waals surface area contributed by atoms with Crippen molar-refractivity contribution in [1.82, 2.24) is 26.6 Å². The maximum Gasteiger partial charge on any atom is 0.326 e. The number of amides is 4. The number of carboxylic acid groups (broad SMARTS) is 3. The van der Waals surface area contributed by atoms with Gasteiger partial charge in [-0.05, 0) is 52.0 Å². The lowest BCUT2D eigenvalue weighted by atomic mass is 10.0. The molecule has 348 valence electrons. The lowest BCUT2D eigenvalue weighted by molar-refractivity contribution is -0.142. The Bertz CT molecular complexity index is 1180. The number of hydrogen-bond donors (Lipinski definition) is 8. The summed E-state index contributed by atoms with van der Waals surface area (Å²) in [6.45, 7) is 2.01. The monoisotopic (exact) mass is 862 g/mol. The van der Waals surface area contributed by atoms with E-state index in [1.54, 1.807) is 7.05 Å². The maximum atomic E-state index is 12.3. The third-order valence-electron chi connectivity index (χ3n) is 9.31. The largest absolute Gasteiger partial charge is 0.481 e. The fraction of sp³-hybridized carbons (Fsp3) is 0.829. The predicted molar refractivity (Wildman–Crippen MR) is 222 cm³/mol. The van der Waals surface area contributed by atoms with Crippen molar-refractivity contribution in [3.63, 3.8) is 0 Å². The van der Waals surface area contributed by atoms with Crippen LogP contribution < -0.4 is 26.6 Å². The van der Waals surface area contributed by atoms with Crippen molar-refractivity contribution in [2.45, 2.75) is 141 Å². The molecule has 0 aromatic carbocycles. The molecule has 0 rings (SSSR count). The topological polar surface area (TPSA) is 277 Å². The number of rotatable bonds is 44. The van der Waals surface area contributed by atoms with Gasteiger partial charge in [0.05, 0.1) is 39.6 Å². The normalized spacial score (nSPS) is 12.0. The minimum atomic E-state index is -1.13. The Morgan fingerprint density at radius 3 is 1.32 bits per heavy atom. The van der Waals surface area contributed by atoms with Crippen molar-refractivity contribution in [2.75, 3.05) is 79.5 Å². The van der Waals surface area contributed by atoms with E-state index in [1.165, 1.54) is 19.3 Å². The Kier molecular flexibility index (Phi) is 37.9. The fourth-order valence-electron chi connectivity index (χ4n) is 5.90. The molecule has 4 amide bonds. The van der Waals surface area contributed by atoms with Crippen LogP contribution in [-0.2, 0) is 52.5 Å².